The maximum atomic E-state index is 12.9. The molecule has 0 atom stereocenters. The molecule has 160 valence electrons. The van der Waals surface area contributed by atoms with Crippen molar-refractivity contribution in [3.63, 3.8) is 0 Å². The molecule has 0 saturated carbocycles. The molecule has 1 aromatic carbocycles. The SMILES string of the molecule is CC(C)n1cnc(S(=O)(=O)N2CCC(N3CC(=O)N(c4ccccc4)C3=O)CC2)c1. The number of rotatable bonds is 5. The van der Waals surface area contributed by atoms with Gasteiger partial charge >= 0.3 is 6.03 Å². The van der Waals surface area contributed by atoms with Gasteiger partial charge in [0.15, 0.2) is 5.03 Å². The molecule has 4 rings (SSSR count). The number of imidazole rings is 1. The van der Waals surface area contributed by atoms with Crippen LogP contribution in [-0.4, -0.2) is 64.8 Å². The van der Waals surface area contributed by atoms with Crippen LogP contribution in [-0.2, 0) is 14.8 Å². The second kappa shape index (κ2) is 7.84. The second-order valence-electron chi connectivity index (χ2n) is 7.86. The lowest BCUT2D eigenvalue weighted by atomic mass is 10.1. The standard InChI is InChI=1S/C20H25N5O4S/c1-15(2)22-12-18(21-14-22)30(28,29)23-10-8-16(9-11-23)24-13-19(26)25(20(24)27)17-6-4-3-5-7-17/h3-7,12,14-16H,8-11,13H2,1-2H3. The average molecular weight is 432 g/mol. The summed E-state index contributed by atoms with van der Waals surface area (Å²) >= 11 is 0. The predicted molar refractivity (Wildman–Crippen MR) is 110 cm³/mol. The van der Waals surface area contributed by atoms with Crippen LogP contribution in [0.4, 0.5) is 10.5 Å². The van der Waals surface area contributed by atoms with Crippen LogP contribution >= 0.6 is 0 Å². The van der Waals surface area contributed by atoms with Gasteiger partial charge < -0.3 is 9.47 Å². The maximum Gasteiger partial charge on any atom is 0.332 e. The molecule has 0 radical (unpaired) electrons. The zero-order valence-corrected chi connectivity index (χ0v) is 17.8. The van der Waals surface area contributed by atoms with E-state index in [1.165, 1.54) is 15.5 Å². The fraction of sp³-hybridized carbons (Fsp3) is 0.450. The highest BCUT2D eigenvalue weighted by Crippen LogP contribution is 2.28. The number of benzene rings is 1. The lowest BCUT2D eigenvalue weighted by molar-refractivity contribution is -0.116. The van der Waals surface area contributed by atoms with Crippen LogP contribution in [0.15, 0.2) is 47.9 Å². The Morgan fingerprint density at radius 2 is 1.73 bits per heavy atom. The smallest absolute Gasteiger partial charge is 0.332 e. The fourth-order valence-electron chi connectivity index (χ4n) is 3.90. The first-order valence-corrected chi connectivity index (χ1v) is 11.5. The molecule has 0 bridgehead atoms. The molecule has 2 saturated heterocycles. The third kappa shape index (κ3) is 3.61. The minimum absolute atomic E-state index is 0.0178. The van der Waals surface area contributed by atoms with Gasteiger partial charge in [-0.15, -0.1) is 0 Å². The summed E-state index contributed by atoms with van der Waals surface area (Å²) < 4.78 is 29.0. The number of piperidine rings is 1. The summed E-state index contributed by atoms with van der Waals surface area (Å²) in [6, 6.07) is 8.45. The Kier molecular flexibility index (Phi) is 5.37. The minimum atomic E-state index is -3.68. The van der Waals surface area contributed by atoms with Crippen molar-refractivity contribution in [1.29, 1.82) is 0 Å². The van der Waals surface area contributed by atoms with Gasteiger partial charge in [-0.2, -0.15) is 4.31 Å². The van der Waals surface area contributed by atoms with Crippen molar-refractivity contribution >= 4 is 27.6 Å². The molecule has 0 unspecified atom stereocenters. The molecule has 2 aliphatic rings. The van der Waals surface area contributed by atoms with Crippen LogP contribution in [0, 0.1) is 0 Å². The van der Waals surface area contributed by atoms with Crippen molar-refractivity contribution in [2.75, 3.05) is 24.5 Å². The van der Waals surface area contributed by atoms with E-state index >= 15 is 0 Å². The number of anilines is 1. The summed E-state index contributed by atoms with van der Waals surface area (Å²) in [6.45, 7) is 4.49. The molecule has 3 amide bonds. The molecule has 0 aliphatic carbocycles. The van der Waals surface area contributed by atoms with E-state index in [-0.39, 0.29) is 48.7 Å². The molecule has 30 heavy (non-hydrogen) atoms. The van der Waals surface area contributed by atoms with E-state index in [9.17, 15) is 18.0 Å². The number of carbonyl (C=O) groups is 2. The van der Waals surface area contributed by atoms with Crippen molar-refractivity contribution in [2.45, 2.75) is 43.8 Å². The first kappa shape index (κ1) is 20.5. The lowest BCUT2D eigenvalue weighted by Crippen LogP contribution is -2.48. The number of sulfonamides is 1. The minimum Gasteiger partial charge on any atom is -0.334 e. The van der Waals surface area contributed by atoms with Gasteiger partial charge in [0.25, 0.3) is 15.9 Å². The molecule has 1 aromatic heterocycles. The number of nitrogens with zero attached hydrogens (tertiary/aromatic N) is 5. The zero-order valence-electron chi connectivity index (χ0n) is 17.0. The van der Waals surface area contributed by atoms with E-state index < -0.39 is 10.0 Å². The third-order valence-corrected chi connectivity index (χ3v) is 7.43. The van der Waals surface area contributed by atoms with E-state index in [1.54, 1.807) is 39.9 Å². The molecule has 3 heterocycles. The topological polar surface area (TPSA) is 95.8 Å². The summed E-state index contributed by atoms with van der Waals surface area (Å²) in [4.78, 5) is 32.1. The van der Waals surface area contributed by atoms with Gasteiger partial charge in [0, 0.05) is 31.4 Å². The van der Waals surface area contributed by atoms with Crippen molar-refractivity contribution < 1.29 is 18.0 Å². The Bertz CT molecular complexity index is 1040. The van der Waals surface area contributed by atoms with Crippen LogP contribution in [0.25, 0.3) is 0 Å². The van der Waals surface area contributed by atoms with Gasteiger partial charge in [0.2, 0.25) is 0 Å². The Morgan fingerprint density at radius 3 is 2.33 bits per heavy atom. The van der Waals surface area contributed by atoms with Crippen molar-refractivity contribution in [3.05, 3.63) is 42.9 Å². The summed E-state index contributed by atoms with van der Waals surface area (Å²) in [7, 11) is -3.68. The van der Waals surface area contributed by atoms with Gasteiger partial charge in [-0.05, 0) is 38.8 Å². The van der Waals surface area contributed by atoms with E-state index in [1.807, 2.05) is 19.9 Å². The highest BCUT2D eigenvalue weighted by molar-refractivity contribution is 7.89. The number of hydrogen-bond acceptors (Lipinski definition) is 5. The summed E-state index contributed by atoms with van der Waals surface area (Å²) in [5, 5.41) is 0.0392. The quantitative estimate of drug-likeness (QED) is 0.676. The summed E-state index contributed by atoms with van der Waals surface area (Å²) in [6.07, 6.45) is 4.03. The Labute approximate surface area is 175 Å². The summed E-state index contributed by atoms with van der Waals surface area (Å²) in [5.41, 5.74) is 0.552. The predicted octanol–water partition coefficient (Wildman–Crippen LogP) is 2.09. The van der Waals surface area contributed by atoms with Crippen LogP contribution in [0.3, 0.4) is 0 Å². The maximum absolute atomic E-state index is 12.9. The molecule has 10 heteroatoms. The van der Waals surface area contributed by atoms with Gasteiger partial charge in [0.05, 0.1) is 12.0 Å². The Morgan fingerprint density at radius 1 is 1.07 bits per heavy atom. The number of imide groups is 1. The van der Waals surface area contributed by atoms with Crippen LogP contribution in [0.2, 0.25) is 0 Å². The number of amides is 3. The van der Waals surface area contributed by atoms with E-state index in [0.717, 1.165) is 0 Å². The first-order chi connectivity index (χ1) is 14.3. The highest BCUT2D eigenvalue weighted by Gasteiger charge is 2.42. The monoisotopic (exact) mass is 431 g/mol. The second-order valence-corrected chi connectivity index (χ2v) is 9.75. The molecular formula is C20H25N5O4S. The zero-order chi connectivity index (χ0) is 21.5. The van der Waals surface area contributed by atoms with Crippen molar-refractivity contribution in [2.24, 2.45) is 0 Å². The van der Waals surface area contributed by atoms with E-state index in [2.05, 4.69) is 4.98 Å². The lowest BCUT2D eigenvalue weighted by Gasteiger charge is -2.35. The largest absolute Gasteiger partial charge is 0.334 e. The number of para-hydroxylation sites is 1. The van der Waals surface area contributed by atoms with E-state index in [4.69, 9.17) is 0 Å². The molecule has 2 aromatic rings. The number of aromatic nitrogens is 2. The molecule has 9 nitrogen and oxygen atoms in total. The van der Waals surface area contributed by atoms with Gasteiger partial charge in [-0.1, -0.05) is 18.2 Å². The molecular weight excluding hydrogens is 406 g/mol. The molecule has 0 N–H and O–H groups in total. The number of hydrogen-bond donors (Lipinski definition) is 0. The van der Waals surface area contributed by atoms with Gasteiger partial charge in [-0.25, -0.2) is 23.1 Å². The number of carbonyl (C=O) groups excluding carboxylic acids is 2. The molecule has 0 spiro atoms. The fourth-order valence-corrected chi connectivity index (χ4v) is 5.29. The molecule has 2 aliphatic heterocycles. The average Bonchev–Trinajstić information content (AvgIpc) is 3.34. The van der Waals surface area contributed by atoms with Gasteiger partial charge in [0.1, 0.15) is 6.54 Å². The Hall–Kier alpha value is -2.72. The van der Waals surface area contributed by atoms with Crippen LogP contribution in [0.1, 0.15) is 32.7 Å². The Balaban J connectivity index is 1.43. The number of urea groups is 1. The third-order valence-electron chi connectivity index (χ3n) is 5.65. The van der Waals surface area contributed by atoms with Gasteiger partial charge in [-0.3, -0.25) is 4.79 Å². The molecule has 2 fully saturated rings. The van der Waals surface area contributed by atoms with Crippen molar-refractivity contribution in [1.82, 2.24) is 18.8 Å². The normalized spacial score (nSPS) is 19.3. The van der Waals surface area contributed by atoms with E-state index in [0.29, 0.717) is 18.5 Å². The summed E-state index contributed by atoms with van der Waals surface area (Å²) in [5.74, 6) is -0.263. The first-order valence-electron chi connectivity index (χ1n) is 10.0. The highest BCUT2D eigenvalue weighted by atomic mass is 32.2. The van der Waals surface area contributed by atoms with Crippen molar-refractivity contribution in [3.8, 4) is 0 Å². The van der Waals surface area contributed by atoms with Crippen LogP contribution < -0.4 is 4.90 Å². The van der Waals surface area contributed by atoms with Crippen LogP contribution in [0.5, 0.6) is 0 Å².